The van der Waals surface area contributed by atoms with Gasteiger partial charge in [-0.3, -0.25) is 0 Å². The molecule has 0 saturated heterocycles. The molecule has 13 heavy (non-hydrogen) atoms. The van der Waals surface area contributed by atoms with Crippen LogP contribution in [0.4, 0.5) is 10.3 Å². The van der Waals surface area contributed by atoms with Crippen molar-refractivity contribution in [3.05, 3.63) is 11.1 Å². The van der Waals surface area contributed by atoms with Crippen LogP contribution < -0.4 is 11.5 Å². The molecule has 0 radical (unpaired) electrons. The zero-order valence-corrected chi connectivity index (χ0v) is 8.58. The lowest BCUT2D eigenvalue weighted by molar-refractivity contribution is 1.26. The van der Waals surface area contributed by atoms with Crippen LogP contribution in [0.5, 0.6) is 0 Å². The van der Waals surface area contributed by atoms with Crippen molar-refractivity contribution in [2.45, 2.75) is 6.92 Å². The Bertz CT molecular complexity index is 431. The van der Waals surface area contributed by atoms with E-state index in [-0.39, 0.29) is 0 Å². The summed E-state index contributed by atoms with van der Waals surface area (Å²) in [4.78, 5) is 9.29. The fourth-order valence-electron chi connectivity index (χ4n) is 1.05. The van der Waals surface area contributed by atoms with Gasteiger partial charge in [0.2, 0.25) is 0 Å². The first-order valence-corrected chi connectivity index (χ1v) is 5.30. The number of thiazole rings is 2. The molecule has 0 bridgehead atoms. The van der Waals surface area contributed by atoms with Gasteiger partial charge in [-0.2, -0.15) is 0 Å². The van der Waals surface area contributed by atoms with E-state index in [1.807, 2.05) is 12.3 Å². The van der Waals surface area contributed by atoms with Crippen LogP contribution in [0.15, 0.2) is 5.38 Å². The first-order chi connectivity index (χ1) is 6.16. The molecule has 0 aliphatic carbocycles. The normalized spacial score (nSPS) is 10.5. The number of nitrogens with two attached hydrogens (primary N) is 2. The summed E-state index contributed by atoms with van der Waals surface area (Å²) in [6, 6.07) is 0. The Morgan fingerprint density at radius 3 is 2.46 bits per heavy atom. The van der Waals surface area contributed by atoms with Crippen molar-refractivity contribution >= 4 is 32.9 Å². The van der Waals surface area contributed by atoms with E-state index >= 15 is 0 Å². The minimum absolute atomic E-state index is 0.569. The first-order valence-electron chi connectivity index (χ1n) is 3.61. The fourth-order valence-corrected chi connectivity index (χ4v) is 2.47. The molecule has 4 N–H and O–H groups in total. The van der Waals surface area contributed by atoms with Crippen LogP contribution in [0.25, 0.3) is 10.6 Å². The SMILES string of the molecule is Cc1nc(N)sc1-c1csc(N)n1. The summed E-state index contributed by atoms with van der Waals surface area (Å²) in [5, 5.41) is 3.05. The predicted octanol–water partition coefficient (Wildman–Crippen LogP) is 1.74. The van der Waals surface area contributed by atoms with Crippen molar-refractivity contribution in [2.75, 3.05) is 11.5 Å². The summed E-state index contributed by atoms with van der Waals surface area (Å²) in [6.07, 6.45) is 0. The third kappa shape index (κ3) is 1.50. The monoisotopic (exact) mass is 212 g/mol. The van der Waals surface area contributed by atoms with Gasteiger partial charge in [0.1, 0.15) is 0 Å². The maximum Gasteiger partial charge on any atom is 0.180 e. The van der Waals surface area contributed by atoms with Crippen LogP contribution in [0.1, 0.15) is 5.69 Å². The van der Waals surface area contributed by atoms with Gasteiger partial charge in [-0.1, -0.05) is 11.3 Å². The number of rotatable bonds is 1. The van der Waals surface area contributed by atoms with Gasteiger partial charge < -0.3 is 11.5 Å². The number of nitrogens with zero attached hydrogens (tertiary/aromatic N) is 2. The van der Waals surface area contributed by atoms with Crippen molar-refractivity contribution in [3.8, 4) is 10.6 Å². The minimum atomic E-state index is 0.569. The van der Waals surface area contributed by atoms with Gasteiger partial charge in [0.15, 0.2) is 10.3 Å². The topological polar surface area (TPSA) is 77.8 Å². The number of hydrogen-bond donors (Lipinski definition) is 2. The quantitative estimate of drug-likeness (QED) is 0.754. The molecule has 6 heteroatoms. The third-order valence-electron chi connectivity index (χ3n) is 1.57. The zero-order valence-electron chi connectivity index (χ0n) is 6.94. The highest BCUT2D eigenvalue weighted by molar-refractivity contribution is 7.19. The van der Waals surface area contributed by atoms with Gasteiger partial charge in [-0.25, -0.2) is 9.97 Å². The van der Waals surface area contributed by atoms with Crippen molar-refractivity contribution in [2.24, 2.45) is 0 Å². The van der Waals surface area contributed by atoms with Crippen molar-refractivity contribution in [1.82, 2.24) is 9.97 Å². The molecule has 0 aliphatic rings. The Balaban J connectivity index is 2.51. The van der Waals surface area contributed by atoms with Crippen molar-refractivity contribution in [3.63, 3.8) is 0 Å². The number of anilines is 2. The summed E-state index contributed by atoms with van der Waals surface area (Å²) in [5.74, 6) is 0. The molecule has 2 aromatic rings. The van der Waals surface area contributed by atoms with E-state index in [2.05, 4.69) is 9.97 Å². The van der Waals surface area contributed by atoms with Crippen LogP contribution in [-0.2, 0) is 0 Å². The second-order valence-corrected chi connectivity index (χ2v) is 4.46. The summed E-state index contributed by atoms with van der Waals surface area (Å²) < 4.78 is 0. The number of hydrogen-bond acceptors (Lipinski definition) is 6. The molecular weight excluding hydrogens is 204 g/mol. The highest BCUT2D eigenvalue weighted by Crippen LogP contribution is 2.32. The van der Waals surface area contributed by atoms with E-state index in [1.165, 1.54) is 22.7 Å². The molecule has 4 nitrogen and oxygen atoms in total. The lowest BCUT2D eigenvalue weighted by atomic mass is 10.3. The minimum Gasteiger partial charge on any atom is -0.375 e. The Hall–Kier alpha value is -1.14. The summed E-state index contributed by atoms with van der Waals surface area (Å²) in [7, 11) is 0. The highest BCUT2D eigenvalue weighted by atomic mass is 32.1. The van der Waals surface area contributed by atoms with Crippen LogP contribution >= 0.6 is 22.7 Å². The maximum atomic E-state index is 5.58. The lowest BCUT2D eigenvalue weighted by Crippen LogP contribution is -1.83. The second-order valence-electron chi connectivity index (χ2n) is 2.54. The molecule has 0 aliphatic heterocycles. The van der Waals surface area contributed by atoms with Gasteiger partial charge in [-0.05, 0) is 6.92 Å². The number of aryl methyl sites for hydroxylation is 1. The van der Waals surface area contributed by atoms with E-state index in [9.17, 15) is 0 Å². The first kappa shape index (κ1) is 8.46. The second kappa shape index (κ2) is 2.97. The maximum absolute atomic E-state index is 5.58. The molecular formula is C7H8N4S2. The van der Waals surface area contributed by atoms with Crippen LogP contribution in [0.2, 0.25) is 0 Å². The van der Waals surface area contributed by atoms with E-state index in [1.54, 1.807) is 0 Å². The van der Waals surface area contributed by atoms with Crippen LogP contribution in [0, 0.1) is 6.92 Å². The zero-order chi connectivity index (χ0) is 9.42. The predicted molar refractivity (Wildman–Crippen MR) is 56.8 cm³/mol. The van der Waals surface area contributed by atoms with Crippen molar-refractivity contribution in [1.29, 1.82) is 0 Å². The molecule has 0 unspecified atom stereocenters. The van der Waals surface area contributed by atoms with Gasteiger partial charge in [0.05, 0.1) is 16.3 Å². The van der Waals surface area contributed by atoms with Gasteiger partial charge in [-0.15, -0.1) is 11.3 Å². The third-order valence-corrected chi connectivity index (χ3v) is 3.25. The Kier molecular flexibility index (Phi) is 1.93. The molecule has 0 fully saturated rings. The standard InChI is InChI=1S/C7H8N4S2/c1-3-5(13-7(9)10-3)4-2-12-6(8)11-4/h2H,1H3,(H2,8,11)(H2,9,10). The number of nitrogen functional groups attached to an aromatic ring is 2. The molecule has 0 atom stereocenters. The average Bonchev–Trinajstić information content (AvgIpc) is 2.58. The lowest BCUT2D eigenvalue weighted by Gasteiger charge is -1.89. The number of aromatic nitrogens is 2. The molecule has 0 spiro atoms. The van der Waals surface area contributed by atoms with Crippen LogP contribution in [0.3, 0.4) is 0 Å². The highest BCUT2D eigenvalue weighted by Gasteiger charge is 2.10. The van der Waals surface area contributed by atoms with E-state index in [4.69, 9.17) is 11.5 Å². The molecule has 0 aromatic carbocycles. The van der Waals surface area contributed by atoms with E-state index in [0.29, 0.717) is 10.3 Å². The smallest absolute Gasteiger partial charge is 0.180 e. The molecule has 2 rings (SSSR count). The molecule has 68 valence electrons. The molecule has 2 aromatic heterocycles. The largest absolute Gasteiger partial charge is 0.375 e. The molecule has 2 heterocycles. The average molecular weight is 212 g/mol. The summed E-state index contributed by atoms with van der Waals surface area (Å²) in [5.41, 5.74) is 12.9. The van der Waals surface area contributed by atoms with Gasteiger partial charge in [0.25, 0.3) is 0 Å². The Morgan fingerprint density at radius 2 is 2.00 bits per heavy atom. The summed E-state index contributed by atoms with van der Waals surface area (Å²) >= 11 is 2.86. The molecule has 0 saturated carbocycles. The summed E-state index contributed by atoms with van der Waals surface area (Å²) in [6.45, 7) is 1.91. The van der Waals surface area contributed by atoms with Crippen LogP contribution in [-0.4, -0.2) is 9.97 Å². The van der Waals surface area contributed by atoms with Gasteiger partial charge in [0, 0.05) is 5.38 Å². The molecule has 0 amide bonds. The Labute approximate surface area is 83.3 Å². The van der Waals surface area contributed by atoms with E-state index < -0.39 is 0 Å². The fraction of sp³-hybridized carbons (Fsp3) is 0.143. The van der Waals surface area contributed by atoms with E-state index in [0.717, 1.165) is 16.3 Å². The van der Waals surface area contributed by atoms with Crippen molar-refractivity contribution < 1.29 is 0 Å². The van der Waals surface area contributed by atoms with Gasteiger partial charge >= 0.3 is 0 Å². The Morgan fingerprint density at radius 1 is 1.23 bits per heavy atom.